The van der Waals surface area contributed by atoms with Crippen LogP contribution in [0.3, 0.4) is 0 Å². The maximum atomic E-state index is 12.2. The van der Waals surface area contributed by atoms with Crippen LogP contribution in [-0.4, -0.2) is 21.5 Å². The zero-order chi connectivity index (χ0) is 19.7. The molecule has 4 rings (SSSR count). The molecule has 0 aliphatic carbocycles. The van der Waals surface area contributed by atoms with E-state index in [0.29, 0.717) is 11.3 Å². The first kappa shape index (κ1) is 17.9. The molecule has 0 bridgehead atoms. The Labute approximate surface area is 164 Å². The number of nitrogens with zero attached hydrogens (tertiary/aromatic N) is 3. The Bertz CT molecular complexity index is 1070. The SMILES string of the molecule is Cc1ccc(-c2nn(-c3ccccc3)cc2C=C2C(=O)ON=C2C(C)C)cc1. The second kappa shape index (κ2) is 7.27. The Hall–Kier alpha value is -3.47. The van der Waals surface area contributed by atoms with Gasteiger partial charge in [0.15, 0.2) is 0 Å². The number of hydrogen-bond acceptors (Lipinski definition) is 4. The van der Waals surface area contributed by atoms with Crippen LogP contribution in [0.15, 0.2) is 71.5 Å². The summed E-state index contributed by atoms with van der Waals surface area (Å²) in [5, 5.41) is 8.74. The maximum absolute atomic E-state index is 12.2. The third kappa shape index (κ3) is 3.39. The van der Waals surface area contributed by atoms with Crippen LogP contribution < -0.4 is 0 Å². The van der Waals surface area contributed by atoms with E-state index < -0.39 is 5.97 Å². The molecular weight excluding hydrogens is 350 g/mol. The molecule has 0 fully saturated rings. The molecule has 0 spiro atoms. The summed E-state index contributed by atoms with van der Waals surface area (Å²) in [7, 11) is 0. The molecule has 140 valence electrons. The summed E-state index contributed by atoms with van der Waals surface area (Å²) in [5.74, 6) is -0.337. The van der Waals surface area contributed by atoms with Crippen LogP contribution in [0.2, 0.25) is 0 Å². The van der Waals surface area contributed by atoms with E-state index in [1.807, 2.05) is 73.3 Å². The first-order chi connectivity index (χ1) is 13.5. The minimum absolute atomic E-state index is 0.0877. The molecule has 1 aliphatic heterocycles. The van der Waals surface area contributed by atoms with Gasteiger partial charge in [-0.25, -0.2) is 9.48 Å². The molecule has 5 heteroatoms. The second-order valence-electron chi connectivity index (χ2n) is 7.15. The number of para-hydroxylation sites is 1. The average molecular weight is 371 g/mol. The molecule has 0 atom stereocenters. The van der Waals surface area contributed by atoms with Gasteiger partial charge in [-0.05, 0) is 31.1 Å². The van der Waals surface area contributed by atoms with Gasteiger partial charge in [0.05, 0.1) is 22.7 Å². The van der Waals surface area contributed by atoms with Gasteiger partial charge in [0.25, 0.3) is 0 Å². The molecule has 0 amide bonds. The molecule has 1 aliphatic rings. The molecule has 0 N–H and O–H groups in total. The number of aryl methyl sites for hydroxylation is 1. The van der Waals surface area contributed by atoms with Gasteiger partial charge in [0.1, 0.15) is 0 Å². The van der Waals surface area contributed by atoms with Gasteiger partial charge in [-0.2, -0.15) is 5.10 Å². The predicted octanol–water partition coefficient (Wildman–Crippen LogP) is 4.80. The van der Waals surface area contributed by atoms with Crippen LogP contribution in [0.25, 0.3) is 23.0 Å². The summed E-state index contributed by atoms with van der Waals surface area (Å²) >= 11 is 0. The van der Waals surface area contributed by atoms with Crippen molar-refractivity contribution in [3.8, 4) is 16.9 Å². The van der Waals surface area contributed by atoms with Gasteiger partial charge in [-0.15, -0.1) is 0 Å². The van der Waals surface area contributed by atoms with E-state index in [-0.39, 0.29) is 5.92 Å². The zero-order valence-electron chi connectivity index (χ0n) is 16.1. The molecule has 1 aromatic heterocycles. The fourth-order valence-corrected chi connectivity index (χ4v) is 3.14. The molecular formula is C23H21N3O2. The Morgan fingerprint density at radius 2 is 1.75 bits per heavy atom. The first-order valence-electron chi connectivity index (χ1n) is 9.26. The third-order valence-electron chi connectivity index (χ3n) is 4.66. The molecule has 0 saturated carbocycles. The van der Waals surface area contributed by atoms with Gasteiger partial charge in [0.2, 0.25) is 0 Å². The quantitative estimate of drug-likeness (QED) is 0.489. The highest BCUT2D eigenvalue weighted by molar-refractivity contribution is 6.25. The number of hydrogen-bond donors (Lipinski definition) is 0. The van der Waals surface area contributed by atoms with Crippen LogP contribution in [0, 0.1) is 12.8 Å². The van der Waals surface area contributed by atoms with Gasteiger partial charge in [-0.3, -0.25) is 0 Å². The minimum Gasteiger partial charge on any atom is -0.312 e. The Balaban J connectivity index is 1.87. The molecule has 2 aromatic carbocycles. The molecule has 0 radical (unpaired) electrons. The lowest BCUT2D eigenvalue weighted by Gasteiger charge is -2.03. The molecule has 3 aromatic rings. The molecule has 5 nitrogen and oxygen atoms in total. The van der Waals surface area contributed by atoms with Crippen molar-refractivity contribution in [2.45, 2.75) is 20.8 Å². The Kier molecular flexibility index (Phi) is 4.65. The molecule has 0 saturated heterocycles. The van der Waals surface area contributed by atoms with Crippen molar-refractivity contribution in [2.75, 3.05) is 0 Å². The van der Waals surface area contributed by atoms with Crippen LogP contribution in [0.4, 0.5) is 0 Å². The van der Waals surface area contributed by atoms with Crippen molar-refractivity contribution in [2.24, 2.45) is 11.1 Å². The smallest absolute Gasteiger partial charge is 0.312 e. The monoisotopic (exact) mass is 371 g/mol. The summed E-state index contributed by atoms with van der Waals surface area (Å²) in [6.07, 6.45) is 3.76. The van der Waals surface area contributed by atoms with Crippen molar-refractivity contribution >= 4 is 17.8 Å². The van der Waals surface area contributed by atoms with Crippen LogP contribution in [-0.2, 0) is 9.63 Å². The fourth-order valence-electron chi connectivity index (χ4n) is 3.14. The number of oxime groups is 1. The lowest BCUT2D eigenvalue weighted by atomic mass is 9.97. The van der Waals surface area contributed by atoms with Crippen LogP contribution in [0.1, 0.15) is 25.0 Å². The average Bonchev–Trinajstić information content (AvgIpc) is 3.28. The van der Waals surface area contributed by atoms with E-state index in [4.69, 9.17) is 9.94 Å². The fraction of sp³-hybridized carbons (Fsp3) is 0.174. The highest BCUT2D eigenvalue weighted by Gasteiger charge is 2.28. The number of carbonyl (C=O) groups excluding carboxylic acids is 1. The van der Waals surface area contributed by atoms with Crippen molar-refractivity contribution in [1.29, 1.82) is 0 Å². The van der Waals surface area contributed by atoms with E-state index in [2.05, 4.69) is 24.2 Å². The predicted molar refractivity (Wildman–Crippen MR) is 110 cm³/mol. The van der Waals surface area contributed by atoms with Gasteiger partial charge in [-0.1, -0.05) is 67.0 Å². The van der Waals surface area contributed by atoms with Gasteiger partial charge < -0.3 is 4.84 Å². The number of benzene rings is 2. The normalized spacial score (nSPS) is 15.2. The largest absolute Gasteiger partial charge is 0.367 e. The second-order valence-corrected chi connectivity index (χ2v) is 7.15. The molecule has 0 unspecified atom stereocenters. The van der Waals surface area contributed by atoms with E-state index in [9.17, 15) is 4.79 Å². The standard InChI is InChI=1S/C23H21N3O2/c1-15(2)21-20(23(27)28-25-21)13-18-14-26(19-7-5-4-6-8-19)24-22(18)17-11-9-16(3)10-12-17/h4-15H,1-3H3. The summed E-state index contributed by atoms with van der Waals surface area (Å²) in [4.78, 5) is 17.1. The maximum Gasteiger partial charge on any atom is 0.367 e. The highest BCUT2D eigenvalue weighted by atomic mass is 16.7. The van der Waals surface area contributed by atoms with Crippen LogP contribution >= 0.6 is 0 Å². The van der Waals surface area contributed by atoms with Crippen molar-refractivity contribution < 1.29 is 9.63 Å². The third-order valence-corrected chi connectivity index (χ3v) is 4.66. The van der Waals surface area contributed by atoms with Gasteiger partial charge in [0, 0.05) is 17.3 Å². The van der Waals surface area contributed by atoms with Crippen molar-refractivity contribution in [3.63, 3.8) is 0 Å². The van der Waals surface area contributed by atoms with E-state index in [0.717, 1.165) is 22.5 Å². The van der Waals surface area contributed by atoms with Crippen molar-refractivity contribution in [3.05, 3.63) is 77.5 Å². The van der Waals surface area contributed by atoms with Crippen molar-refractivity contribution in [1.82, 2.24) is 9.78 Å². The Morgan fingerprint density at radius 3 is 2.43 bits per heavy atom. The molecule has 2 heterocycles. The van der Waals surface area contributed by atoms with E-state index >= 15 is 0 Å². The summed E-state index contributed by atoms with van der Waals surface area (Å²) < 4.78 is 1.83. The lowest BCUT2D eigenvalue weighted by Crippen LogP contribution is -2.11. The number of aromatic nitrogens is 2. The topological polar surface area (TPSA) is 56.5 Å². The summed E-state index contributed by atoms with van der Waals surface area (Å²) in [5.41, 5.74) is 5.91. The minimum atomic E-state index is -0.425. The first-order valence-corrected chi connectivity index (χ1v) is 9.26. The number of rotatable bonds is 4. The summed E-state index contributed by atoms with van der Waals surface area (Å²) in [6, 6.07) is 18.1. The van der Waals surface area contributed by atoms with E-state index in [1.165, 1.54) is 5.56 Å². The van der Waals surface area contributed by atoms with Gasteiger partial charge >= 0.3 is 5.97 Å². The molecule has 28 heavy (non-hydrogen) atoms. The summed E-state index contributed by atoms with van der Waals surface area (Å²) in [6.45, 7) is 6.03. The van der Waals surface area contributed by atoms with E-state index in [1.54, 1.807) is 0 Å². The Morgan fingerprint density at radius 1 is 1.04 bits per heavy atom. The van der Waals surface area contributed by atoms with Crippen LogP contribution in [0.5, 0.6) is 0 Å². The zero-order valence-corrected chi connectivity index (χ0v) is 16.1. The number of carbonyl (C=O) groups is 1. The highest BCUT2D eigenvalue weighted by Crippen LogP contribution is 2.28. The lowest BCUT2D eigenvalue weighted by molar-refractivity contribution is -0.136.